The van der Waals surface area contributed by atoms with Gasteiger partial charge in [0.05, 0.1) is 33.5 Å². The first kappa shape index (κ1) is 16.4. The third-order valence-electron chi connectivity index (χ3n) is 3.48. The number of imidazole rings is 1. The first-order chi connectivity index (χ1) is 9.95. The summed E-state index contributed by atoms with van der Waals surface area (Å²) < 4.78 is 11.0. The standard InChI is InChI=1S/C12H10Br4N2O3/c13-7-8(14)10(16)12-11(9(7)15)17-3-18(12)6-1-4(20)5(2-19)21-6/h3-6,19-20H,1-2H2/t4-,5+,6+/m0/s1. The Hall–Kier alpha value is 0.490. The number of aromatic nitrogens is 2. The maximum atomic E-state index is 9.90. The van der Waals surface area contributed by atoms with Crippen molar-refractivity contribution in [1.82, 2.24) is 9.55 Å². The first-order valence-corrected chi connectivity index (χ1v) is 9.25. The molecule has 0 unspecified atom stereocenters. The quantitative estimate of drug-likeness (QED) is 0.443. The van der Waals surface area contributed by atoms with Crippen molar-refractivity contribution in [3.05, 3.63) is 24.2 Å². The maximum absolute atomic E-state index is 9.90. The fourth-order valence-electron chi connectivity index (χ4n) is 2.41. The Labute approximate surface area is 154 Å². The highest BCUT2D eigenvalue weighted by Gasteiger charge is 2.35. The predicted octanol–water partition coefficient (Wildman–Crippen LogP) is 3.73. The number of rotatable bonds is 2. The van der Waals surface area contributed by atoms with Gasteiger partial charge in [-0.1, -0.05) is 0 Å². The zero-order chi connectivity index (χ0) is 15.3. The molecule has 114 valence electrons. The van der Waals surface area contributed by atoms with E-state index < -0.39 is 12.2 Å². The van der Waals surface area contributed by atoms with Gasteiger partial charge in [0.2, 0.25) is 0 Å². The molecule has 1 aromatic carbocycles. The Morgan fingerprint density at radius 3 is 2.48 bits per heavy atom. The molecule has 5 nitrogen and oxygen atoms in total. The largest absolute Gasteiger partial charge is 0.394 e. The van der Waals surface area contributed by atoms with Crippen LogP contribution in [0.1, 0.15) is 12.6 Å². The highest BCUT2D eigenvalue weighted by atomic mass is 79.9. The monoisotopic (exact) mass is 546 g/mol. The molecule has 0 spiro atoms. The zero-order valence-electron chi connectivity index (χ0n) is 10.4. The topological polar surface area (TPSA) is 67.5 Å². The van der Waals surface area contributed by atoms with Gasteiger partial charge in [-0.25, -0.2) is 4.98 Å². The highest BCUT2D eigenvalue weighted by Crippen LogP contribution is 2.44. The van der Waals surface area contributed by atoms with Gasteiger partial charge in [0.15, 0.2) is 0 Å². The van der Waals surface area contributed by atoms with E-state index in [2.05, 4.69) is 68.7 Å². The Morgan fingerprint density at radius 1 is 1.19 bits per heavy atom. The van der Waals surface area contributed by atoms with E-state index in [1.165, 1.54) is 0 Å². The molecule has 0 aliphatic carbocycles. The molecule has 0 bridgehead atoms. The van der Waals surface area contributed by atoms with Crippen LogP contribution in [0, 0.1) is 0 Å². The molecule has 1 fully saturated rings. The van der Waals surface area contributed by atoms with E-state index >= 15 is 0 Å². The van der Waals surface area contributed by atoms with Crippen molar-refractivity contribution in [1.29, 1.82) is 0 Å². The Balaban J connectivity index is 2.13. The normalized spacial score (nSPS) is 25.9. The minimum Gasteiger partial charge on any atom is -0.394 e. The van der Waals surface area contributed by atoms with Gasteiger partial charge in [-0.15, -0.1) is 0 Å². The molecule has 9 heteroatoms. The van der Waals surface area contributed by atoms with Gasteiger partial charge in [-0.05, 0) is 63.7 Å². The number of aliphatic hydroxyl groups is 2. The second kappa shape index (κ2) is 6.18. The molecule has 0 saturated carbocycles. The van der Waals surface area contributed by atoms with Gasteiger partial charge < -0.3 is 19.5 Å². The summed E-state index contributed by atoms with van der Waals surface area (Å²) in [5.41, 5.74) is 1.63. The van der Waals surface area contributed by atoms with Gasteiger partial charge in [0.1, 0.15) is 17.8 Å². The van der Waals surface area contributed by atoms with E-state index in [0.717, 1.165) is 28.9 Å². The third kappa shape index (κ3) is 2.64. The molecule has 2 heterocycles. The fourth-order valence-corrected chi connectivity index (χ4v) is 4.79. The molecule has 1 aromatic heterocycles. The molecule has 0 radical (unpaired) electrons. The SMILES string of the molecule is OC[C@H]1O[C@@H](n2cnc3c(Br)c(Br)c(Br)c(Br)c32)C[C@@H]1O. The number of hydrogen-bond donors (Lipinski definition) is 2. The molecule has 1 saturated heterocycles. The lowest BCUT2D eigenvalue weighted by atomic mass is 10.2. The Morgan fingerprint density at radius 2 is 1.86 bits per heavy atom. The van der Waals surface area contributed by atoms with Gasteiger partial charge in [-0.2, -0.15) is 0 Å². The van der Waals surface area contributed by atoms with Crippen molar-refractivity contribution < 1.29 is 14.9 Å². The molecular weight excluding hydrogens is 540 g/mol. The number of nitrogens with zero attached hydrogens (tertiary/aromatic N) is 2. The second-order valence-corrected chi connectivity index (χ2v) is 7.89. The van der Waals surface area contributed by atoms with Crippen molar-refractivity contribution in [2.75, 3.05) is 6.61 Å². The number of benzene rings is 1. The van der Waals surface area contributed by atoms with Gasteiger partial charge in [0.25, 0.3) is 0 Å². The summed E-state index contributed by atoms with van der Waals surface area (Å²) in [6, 6.07) is 0. The van der Waals surface area contributed by atoms with Crippen molar-refractivity contribution in [3.8, 4) is 0 Å². The van der Waals surface area contributed by atoms with Gasteiger partial charge in [0, 0.05) is 15.4 Å². The maximum Gasteiger partial charge on any atom is 0.138 e. The van der Waals surface area contributed by atoms with Crippen LogP contribution in [0.5, 0.6) is 0 Å². The van der Waals surface area contributed by atoms with Crippen LogP contribution in [-0.2, 0) is 4.74 Å². The molecular formula is C12H10Br4N2O3. The molecule has 2 aromatic rings. The summed E-state index contributed by atoms with van der Waals surface area (Å²) in [6.07, 6.45) is 0.482. The van der Waals surface area contributed by atoms with Crippen molar-refractivity contribution >= 4 is 74.8 Å². The third-order valence-corrected chi connectivity index (χ3v) is 8.21. The van der Waals surface area contributed by atoms with Gasteiger partial charge in [-0.3, -0.25) is 0 Å². The average molecular weight is 550 g/mol. The summed E-state index contributed by atoms with van der Waals surface area (Å²) >= 11 is 14.1. The van der Waals surface area contributed by atoms with E-state index in [0.29, 0.717) is 6.42 Å². The molecule has 0 amide bonds. The van der Waals surface area contributed by atoms with Crippen molar-refractivity contribution in [2.24, 2.45) is 0 Å². The Kier molecular flexibility index (Phi) is 4.81. The summed E-state index contributed by atoms with van der Waals surface area (Å²) in [7, 11) is 0. The van der Waals surface area contributed by atoms with Crippen LogP contribution in [0.4, 0.5) is 0 Å². The van der Waals surface area contributed by atoms with Crippen LogP contribution in [0.2, 0.25) is 0 Å². The van der Waals surface area contributed by atoms with E-state index in [1.807, 2.05) is 4.57 Å². The van der Waals surface area contributed by atoms with Crippen molar-refractivity contribution in [3.63, 3.8) is 0 Å². The number of aliphatic hydroxyl groups excluding tert-OH is 2. The van der Waals surface area contributed by atoms with E-state index in [4.69, 9.17) is 4.74 Å². The average Bonchev–Trinajstić information content (AvgIpc) is 3.06. The Bertz CT molecular complexity index is 706. The van der Waals surface area contributed by atoms with Crippen LogP contribution >= 0.6 is 63.7 Å². The van der Waals surface area contributed by atoms with Crippen LogP contribution in [-0.4, -0.2) is 38.6 Å². The van der Waals surface area contributed by atoms with E-state index in [1.54, 1.807) is 6.33 Å². The fraction of sp³-hybridized carbons (Fsp3) is 0.417. The van der Waals surface area contributed by atoms with Crippen LogP contribution in [0.15, 0.2) is 24.2 Å². The lowest BCUT2D eigenvalue weighted by molar-refractivity contribution is -0.0430. The highest BCUT2D eigenvalue weighted by molar-refractivity contribution is 9.15. The summed E-state index contributed by atoms with van der Waals surface area (Å²) in [5, 5.41) is 19.1. The molecule has 1 aliphatic heterocycles. The second-order valence-electron chi connectivity index (χ2n) is 4.72. The number of halogens is 4. The van der Waals surface area contributed by atoms with E-state index in [-0.39, 0.29) is 12.8 Å². The zero-order valence-corrected chi connectivity index (χ0v) is 16.8. The summed E-state index contributed by atoms with van der Waals surface area (Å²) in [5.74, 6) is 0. The van der Waals surface area contributed by atoms with Gasteiger partial charge >= 0.3 is 0 Å². The summed E-state index contributed by atoms with van der Waals surface area (Å²) in [6.45, 7) is -0.204. The predicted molar refractivity (Wildman–Crippen MR) is 92.2 cm³/mol. The molecule has 2 N–H and O–H groups in total. The lowest BCUT2D eigenvalue weighted by Gasteiger charge is -2.16. The minimum absolute atomic E-state index is 0.204. The molecule has 3 atom stereocenters. The van der Waals surface area contributed by atoms with Crippen LogP contribution in [0.25, 0.3) is 11.0 Å². The summed E-state index contributed by atoms with van der Waals surface area (Å²) in [4.78, 5) is 4.41. The molecule has 3 rings (SSSR count). The van der Waals surface area contributed by atoms with Crippen LogP contribution in [0.3, 0.4) is 0 Å². The minimum atomic E-state index is -0.682. The molecule has 1 aliphatic rings. The van der Waals surface area contributed by atoms with Crippen molar-refractivity contribution in [2.45, 2.75) is 24.9 Å². The number of hydrogen-bond acceptors (Lipinski definition) is 4. The van der Waals surface area contributed by atoms with Crippen LogP contribution < -0.4 is 0 Å². The van der Waals surface area contributed by atoms with E-state index in [9.17, 15) is 10.2 Å². The molecule has 21 heavy (non-hydrogen) atoms. The first-order valence-electron chi connectivity index (χ1n) is 6.08. The smallest absolute Gasteiger partial charge is 0.138 e. The number of fused-ring (bicyclic) bond motifs is 1. The lowest BCUT2D eigenvalue weighted by Crippen LogP contribution is -2.24. The number of ether oxygens (including phenoxy) is 1.